The van der Waals surface area contributed by atoms with E-state index in [-0.39, 0.29) is 5.69 Å². The molecule has 5 heteroatoms. The van der Waals surface area contributed by atoms with E-state index in [2.05, 4.69) is 4.98 Å². The first-order chi connectivity index (χ1) is 6.13. The van der Waals surface area contributed by atoms with Crippen LogP contribution in [-0.2, 0) is 9.59 Å². The Labute approximate surface area is 73.7 Å². The molecule has 0 amide bonds. The number of Topliss-reactive ketones (excluding diaryl/α,β-unsaturated/α-hetero) is 1. The molecule has 0 aliphatic rings. The maximum atomic E-state index is 10.8. The summed E-state index contributed by atoms with van der Waals surface area (Å²) in [6.07, 6.45) is -0.313. The fourth-order valence-corrected chi connectivity index (χ4v) is 0.789. The molecule has 1 unspecified atom stereocenters. The number of carboxylic acids is 1. The van der Waals surface area contributed by atoms with Crippen LogP contribution in [0.25, 0.3) is 0 Å². The van der Waals surface area contributed by atoms with Gasteiger partial charge >= 0.3 is 5.97 Å². The van der Waals surface area contributed by atoms with Gasteiger partial charge in [0.05, 0.1) is 5.69 Å². The number of ketones is 1. The van der Waals surface area contributed by atoms with Crippen molar-refractivity contribution in [1.29, 1.82) is 0 Å². The van der Waals surface area contributed by atoms with E-state index in [9.17, 15) is 9.59 Å². The van der Waals surface area contributed by atoms with E-state index in [1.165, 1.54) is 12.3 Å². The Hall–Kier alpha value is -1.75. The molecule has 1 aromatic heterocycles. The van der Waals surface area contributed by atoms with Crippen LogP contribution >= 0.6 is 0 Å². The molecule has 68 valence electrons. The maximum absolute atomic E-state index is 10.8. The molecule has 5 nitrogen and oxygen atoms in total. The SMILES string of the molecule is O=C(O)C(=O)C(O)c1ccccn1. The highest BCUT2D eigenvalue weighted by molar-refractivity contribution is 6.34. The van der Waals surface area contributed by atoms with Crippen molar-refractivity contribution in [2.75, 3.05) is 0 Å². The number of hydrogen-bond donors (Lipinski definition) is 2. The largest absolute Gasteiger partial charge is 0.475 e. The first kappa shape index (κ1) is 9.34. The molecule has 0 bridgehead atoms. The lowest BCUT2D eigenvalue weighted by Crippen LogP contribution is -2.21. The molecule has 2 N–H and O–H groups in total. The summed E-state index contributed by atoms with van der Waals surface area (Å²) in [4.78, 5) is 24.6. The molecule has 1 atom stereocenters. The monoisotopic (exact) mass is 181 g/mol. The summed E-state index contributed by atoms with van der Waals surface area (Å²) in [5, 5.41) is 17.4. The Morgan fingerprint density at radius 1 is 1.38 bits per heavy atom. The van der Waals surface area contributed by atoms with Crippen molar-refractivity contribution in [3.05, 3.63) is 30.1 Å². The van der Waals surface area contributed by atoms with Crippen LogP contribution in [-0.4, -0.2) is 26.9 Å². The molecule has 0 aliphatic heterocycles. The summed E-state index contributed by atoms with van der Waals surface area (Å²) < 4.78 is 0. The number of nitrogens with zero attached hydrogens (tertiary/aromatic N) is 1. The molecule has 13 heavy (non-hydrogen) atoms. The zero-order valence-electron chi connectivity index (χ0n) is 6.54. The Morgan fingerprint density at radius 3 is 2.54 bits per heavy atom. The molecule has 0 saturated heterocycles. The Morgan fingerprint density at radius 2 is 2.08 bits per heavy atom. The van der Waals surface area contributed by atoms with Gasteiger partial charge < -0.3 is 10.2 Å². The highest BCUT2D eigenvalue weighted by Gasteiger charge is 2.24. The van der Waals surface area contributed by atoms with Crippen LogP contribution in [0.2, 0.25) is 0 Å². The normalized spacial score (nSPS) is 12.1. The minimum atomic E-state index is -1.68. The van der Waals surface area contributed by atoms with Gasteiger partial charge in [0, 0.05) is 6.20 Å². The van der Waals surface area contributed by atoms with Crippen molar-refractivity contribution >= 4 is 11.8 Å². The first-order valence-electron chi connectivity index (χ1n) is 3.49. The topological polar surface area (TPSA) is 87.5 Å². The summed E-state index contributed by atoms with van der Waals surface area (Å²) in [7, 11) is 0. The summed E-state index contributed by atoms with van der Waals surface area (Å²) in [5.74, 6) is -2.95. The summed E-state index contributed by atoms with van der Waals surface area (Å²) >= 11 is 0. The predicted octanol–water partition coefficient (Wildman–Crippen LogP) is -0.231. The lowest BCUT2D eigenvalue weighted by molar-refractivity contribution is -0.153. The van der Waals surface area contributed by atoms with Crippen molar-refractivity contribution in [2.24, 2.45) is 0 Å². The Balaban J connectivity index is 2.86. The van der Waals surface area contributed by atoms with Gasteiger partial charge in [0.1, 0.15) is 0 Å². The smallest absolute Gasteiger partial charge is 0.375 e. The molecule has 0 spiro atoms. The molecule has 0 saturated carbocycles. The highest BCUT2D eigenvalue weighted by Crippen LogP contribution is 2.09. The van der Waals surface area contributed by atoms with Gasteiger partial charge in [0.2, 0.25) is 0 Å². The van der Waals surface area contributed by atoms with E-state index < -0.39 is 17.9 Å². The van der Waals surface area contributed by atoms with Gasteiger partial charge in [0.25, 0.3) is 5.78 Å². The molecule has 1 heterocycles. The van der Waals surface area contributed by atoms with Crippen molar-refractivity contribution < 1.29 is 19.8 Å². The Kier molecular flexibility index (Phi) is 2.71. The van der Waals surface area contributed by atoms with Crippen LogP contribution < -0.4 is 0 Å². The average Bonchev–Trinajstić information content (AvgIpc) is 2.17. The zero-order valence-corrected chi connectivity index (χ0v) is 6.54. The van der Waals surface area contributed by atoms with Crippen LogP contribution in [0.4, 0.5) is 0 Å². The van der Waals surface area contributed by atoms with Gasteiger partial charge in [-0.1, -0.05) is 6.07 Å². The molecular formula is C8H7NO4. The van der Waals surface area contributed by atoms with Gasteiger partial charge in [-0.15, -0.1) is 0 Å². The van der Waals surface area contributed by atoms with E-state index in [4.69, 9.17) is 10.2 Å². The van der Waals surface area contributed by atoms with Crippen LogP contribution in [0.5, 0.6) is 0 Å². The number of pyridine rings is 1. The third-order valence-corrected chi connectivity index (χ3v) is 1.43. The van der Waals surface area contributed by atoms with Gasteiger partial charge in [0.15, 0.2) is 6.10 Å². The Bertz CT molecular complexity index is 322. The molecular weight excluding hydrogens is 174 g/mol. The quantitative estimate of drug-likeness (QED) is 0.629. The molecule has 1 aromatic rings. The van der Waals surface area contributed by atoms with Crippen molar-refractivity contribution in [3.63, 3.8) is 0 Å². The van der Waals surface area contributed by atoms with Crippen LogP contribution in [0.15, 0.2) is 24.4 Å². The lowest BCUT2D eigenvalue weighted by atomic mass is 10.1. The second-order valence-electron chi connectivity index (χ2n) is 2.33. The van der Waals surface area contributed by atoms with Crippen molar-refractivity contribution in [2.45, 2.75) is 6.10 Å². The first-order valence-corrected chi connectivity index (χ1v) is 3.49. The fourth-order valence-electron chi connectivity index (χ4n) is 0.789. The number of aromatic nitrogens is 1. The third-order valence-electron chi connectivity index (χ3n) is 1.43. The molecule has 1 rings (SSSR count). The van der Waals surface area contributed by atoms with Crippen LogP contribution in [0.3, 0.4) is 0 Å². The number of hydrogen-bond acceptors (Lipinski definition) is 4. The van der Waals surface area contributed by atoms with E-state index in [0.29, 0.717) is 0 Å². The average molecular weight is 181 g/mol. The maximum Gasteiger partial charge on any atom is 0.375 e. The number of carbonyl (C=O) groups is 2. The molecule has 0 radical (unpaired) electrons. The number of aliphatic hydroxyl groups excluding tert-OH is 1. The molecule has 0 aromatic carbocycles. The molecule has 0 fully saturated rings. The van der Waals surface area contributed by atoms with E-state index in [0.717, 1.165) is 0 Å². The zero-order chi connectivity index (χ0) is 9.84. The second-order valence-corrected chi connectivity index (χ2v) is 2.33. The van der Waals surface area contributed by atoms with E-state index in [1.807, 2.05) is 0 Å². The highest BCUT2D eigenvalue weighted by atomic mass is 16.4. The third kappa shape index (κ3) is 2.09. The lowest BCUT2D eigenvalue weighted by Gasteiger charge is -2.04. The van der Waals surface area contributed by atoms with Gasteiger partial charge in [-0.2, -0.15) is 0 Å². The van der Waals surface area contributed by atoms with E-state index in [1.54, 1.807) is 12.1 Å². The van der Waals surface area contributed by atoms with Crippen molar-refractivity contribution in [3.8, 4) is 0 Å². The fraction of sp³-hybridized carbons (Fsp3) is 0.125. The van der Waals surface area contributed by atoms with Gasteiger partial charge in [-0.25, -0.2) is 4.79 Å². The summed E-state index contributed by atoms with van der Waals surface area (Å²) in [6.45, 7) is 0. The summed E-state index contributed by atoms with van der Waals surface area (Å²) in [5.41, 5.74) is 0.0369. The minimum Gasteiger partial charge on any atom is -0.475 e. The second kappa shape index (κ2) is 3.77. The minimum absolute atomic E-state index is 0.0369. The van der Waals surface area contributed by atoms with Gasteiger partial charge in [-0.05, 0) is 12.1 Å². The number of aliphatic hydroxyl groups is 1. The number of carbonyl (C=O) groups excluding carboxylic acids is 1. The standard InChI is InChI=1S/C8H7NO4/c10-6(7(11)8(12)13)5-3-1-2-4-9-5/h1-4,6,10H,(H,12,13). The van der Waals surface area contributed by atoms with Crippen molar-refractivity contribution in [1.82, 2.24) is 4.98 Å². The van der Waals surface area contributed by atoms with Gasteiger partial charge in [-0.3, -0.25) is 9.78 Å². The predicted molar refractivity (Wildman–Crippen MR) is 41.8 cm³/mol. The van der Waals surface area contributed by atoms with E-state index >= 15 is 0 Å². The summed E-state index contributed by atoms with van der Waals surface area (Å²) in [6, 6.07) is 4.54. The number of rotatable bonds is 3. The van der Waals surface area contributed by atoms with Crippen LogP contribution in [0, 0.1) is 0 Å². The van der Waals surface area contributed by atoms with Crippen LogP contribution in [0.1, 0.15) is 11.8 Å². The molecule has 0 aliphatic carbocycles. The number of aliphatic carboxylic acids is 1. The number of carboxylic acid groups (broad SMARTS) is 1.